The van der Waals surface area contributed by atoms with Crippen LogP contribution in [-0.2, 0) is 0 Å². The Morgan fingerprint density at radius 3 is 2.21 bits per heavy atom. The van der Waals surface area contributed by atoms with E-state index in [1.165, 1.54) is 0 Å². The van der Waals surface area contributed by atoms with Gasteiger partial charge in [-0.05, 0) is 30.3 Å². The summed E-state index contributed by atoms with van der Waals surface area (Å²) in [5.74, 6) is 0. The maximum absolute atomic E-state index is 13.3. The summed E-state index contributed by atoms with van der Waals surface area (Å²) in [5.41, 5.74) is 3.04. The number of hydrogen-bond donors (Lipinski definition) is 0. The molecule has 5 aromatic rings. The summed E-state index contributed by atoms with van der Waals surface area (Å²) in [7, 11) is 0. The molecule has 0 aliphatic heterocycles. The van der Waals surface area contributed by atoms with E-state index in [9.17, 15) is 4.79 Å². The lowest BCUT2D eigenvalue weighted by Crippen LogP contribution is -2.18. The minimum atomic E-state index is -0.0557. The van der Waals surface area contributed by atoms with Gasteiger partial charge in [0.25, 0.3) is 5.56 Å². The van der Waals surface area contributed by atoms with Crippen LogP contribution in [0.4, 0.5) is 0 Å². The molecule has 0 aliphatic rings. The molecule has 3 nitrogen and oxygen atoms in total. The molecule has 2 heterocycles. The Labute approximate surface area is 137 Å². The van der Waals surface area contributed by atoms with Crippen LogP contribution in [0.25, 0.3) is 38.5 Å². The average Bonchev–Trinajstić information content (AvgIpc) is 3.03. The Hall–Kier alpha value is -3.33. The van der Waals surface area contributed by atoms with Crippen molar-refractivity contribution in [3.8, 4) is 5.69 Å². The summed E-state index contributed by atoms with van der Waals surface area (Å²) in [5, 5.41) is 2.42. The van der Waals surface area contributed by atoms with Crippen molar-refractivity contribution >= 4 is 32.8 Å². The standard InChI is InChI=1S/C21H13NO2/c23-21-19-16-11-5-7-13-18(16)24-20(19)15-10-4-6-12-17(15)22(21)14-8-2-1-3-9-14/h1-13H. The van der Waals surface area contributed by atoms with Crippen molar-refractivity contribution in [1.29, 1.82) is 0 Å². The van der Waals surface area contributed by atoms with Crippen molar-refractivity contribution < 1.29 is 4.42 Å². The van der Waals surface area contributed by atoms with Gasteiger partial charge in [-0.2, -0.15) is 0 Å². The van der Waals surface area contributed by atoms with Gasteiger partial charge in [0.05, 0.1) is 10.9 Å². The third kappa shape index (κ3) is 1.69. The van der Waals surface area contributed by atoms with E-state index in [-0.39, 0.29) is 5.56 Å². The number of hydrogen-bond acceptors (Lipinski definition) is 2. The fraction of sp³-hybridized carbons (Fsp3) is 0. The summed E-state index contributed by atoms with van der Waals surface area (Å²) < 4.78 is 7.79. The fourth-order valence-electron chi connectivity index (χ4n) is 3.36. The van der Waals surface area contributed by atoms with Crippen LogP contribution in [0, 0.1) is 0 Å². The smallest absolute Gasteiger partial charge is 0.267 e. The molecule has 0 unspecified atom stereocenters. The fourth-order valence-corrected chi connectivity index (χ4v) is 3.36. The molecule has 0 N–H and O–H groups in total. The third-order valence-electron chi connectivity index (χ3n) is 4.42. The highest BCUT2D eigenvalue weighted by atomic mass is 16.3. The molecule has 0 saturated heterocycles. The number of furan rings is 1. The molecular weight excluding hydrogens is 298 g/mol. The third-order valence-corrected chi connectivity index (χ3v) is 4.42. The summed E-state index contributed by atoms with van der Waals surface area (Å²) in [6.45, 7) is 0. The molecule has 0 saturated carbocycles. The molecular formula is C21H13NO2. The Balaban J connectivity index is 2.11. The van der Waals surface area contributed by atoms with Crippen LogP contribution in [0.3, 0.4) is 0 Å². The van der Waals surface area contributed by atoms with Gasteiger partial charge in [0.15, 0.2) is 0 Å². The van der Waals surface area contributed by atoms with E-state index < -0.39 is 0 Å². The molecule has 3 aromatic carbocycles. The molecule has 5 rings (SSSR count). The summed E-state index contributed by atoms with van der Waals surface area (Å²) in [6.07, 6.45) is 0. The molecule has 0 atom stereocenters. The van der Waals surface area contributed by atoms with Crippen molar-refractivity contribution in [2.75, 3.05) is 0 Å². The molecule has 114 valence electrons. The Morgan fingerprint density at radius 2 is 1.38 bits per heavy atom. The summed E-state index contributed by atoms with van der Waals surface area (Å²) >= 11 is 0. The van der Waals surface area contributed by atoms with Crippen LogP contribution in [0.1, 0.15) is 0 Å². The topological polar surface area (TPSA) is 35.1 Å². The Bertz CT molecular complexity index is 1260. The van der Waals surface area contributed by atoms with Crippen LogP contribution < -0.4 is 5.56 Å². The zero-order valence-corrected chi connectivity index (χ0v) is 12.8. The molecule has 0 spiro atoms. The van der Waals surface area contributed by atoms with Crippen LogP contribution in [0.15, 0.2) is 88.1 Å². The molecule has 3 heteroatoms. The monoisotopic (exact) mass is 311 g/mol. The second-order valence-corrected chi connectivity index (χ2v) is 5.80. The minimum Gasteiger partial charge on any atom is -0.455 e. The van der Waals surface area contributed by atoms with Crippen molar-refractivity contribution in [1.82, 2.24) is 4.57 Å². The maximum atomic E-state index is 13.3. The van der Waals surface area contributed by atoms with Crippen LogP contribution in [0.2, 0.25) is 0 Å². The Morgan fingerprint density at radius 1 is 0.708 bits per heavy atom. The zero-order chi connectivity index (χ0) is 16.1. The number of aromatic nitrogens is 1. The number of para-hydroxylation sites is 3. The molecule has 24 heavy (non-hydrogen) atoms. The van der Waals surface area contributed by atoms with E-state index in [2.05, 4.69) is 0 Å². The first-order valence-corrected chi connectivity index (χ1v) is 7.85. The number of rotatable bonds is 1. The Kier molecular flexibility index (Phi) is 2.65. The van der Waals surface area contributed by atoms with Gasteiger partial charge in [0.2, 0.25) is 0 Å². The van der Waals surface area contributed by atoms with E-state index in [0.717, 1.165) is 27.6 Å². The average molecular weight is 311 g/mol. The van der Waals surface area contributed by atoms with Crippen LogP contribution in [-0.4, -0.2) is 4.57 Å². The van der Waals surface area contributed by atoms with Gasteiger partial charge in [-0.3, -0.25) is 9.36 Å². The van der Waals surface area contributed by atoms with E-state index in [4.69, 9.17) is 4.42 Å². The SMILES string of the molecule is O=c1c2c3ccccc3oc2c2ccccc2n1-c1ccccc1. The highest BCUT2D eigenvalue weighted by Crippen LogP contribution is 2.32. The number of nitrogens with zero attached hydrogens (tertiary/aromatic N) is 1. The normalized spacial score (nSPS) is 11.5. The second-order valence-electron chi connectivity index (χ2n) is 5.80. The van der Waals surface area contributed by atoms with Gasteiger partial charge in [0.1, 0.15) is 11.2 Å². The zero-order valence-electron chi connectivity index (χ0n) is 12.8. The maximum Gasteiger partial charge on any atom is 0.267 e. The van der Waals surface area contributed by atoms with Crippen molar-refractivity contribution in [3.05, 3.63) is 89.2 Å². The van der Waals surface area contributed by atoms with Crippen molar-refractivity contribution in [3.63, 3.8) is 0 Å². The largest absolute Gasteiger partial charge is 0.455 e. The summed E-state index contributed by atoms with van der Waals surface area (Å²) in [6, 6.07) is 25.3. The second kappa shape index (κ2) is 4.83. The van der Waals surface area contributed by atoms with Crippen LogP contribution >= 0.6 is 0 Å². The summed E-state index contributed by atoms with van der Waals surface area (Å²) in [4.78, 5) is 13.3. The predicted octanol–water partition coefficient (Wildman–Crippen LogP) is 4.89. The first-order chi connectivity index (χ1) is 11.8. The molecule has 0 fully saturated rings. The van der Waals surface area contributed by atoms with Crippen LogP contribution in [0.5, 0.6) is 0 Å². The molecule has 0 aliphatic carbocycles. The van der Waals surface area contributed by atoms with Gasteiger partial charge in [-0.25, -0.2) is 0 Å². The van der Waals surface area contributed by atoms with Gasteiger partial charge in [0, 0.05) is 16.5 Å². The lowest BCUT2D eigenvalue weighted by Gasteiger charge is -2.10. The van der Waals surface area contributed by atoms with Gasteiger partial charge >= 0.3 is 0 Å². The van der Waals surface area contributed by atoms with E-state index >= 15 is 0 Å². The molecule has 0 bridgehead atoms. The molecule has 0 radical (unpaired) electrons. The highest BCUT2D eigenvalue weighted by Gasteiger charge is 2.17. The lowest BCUT2D eigenvalue weighted by atomic mass is 10.1. The van der Waals surface area contributed by atoms with Gasteiger partial charge in [-0.1, -0.05) is 48.5 Å². The van der Waals surface area contributed by atoms with E-state index in [0.29, 0.717) is 11.0 Å². The number of fused-ring (bicyclic) bond motifs is 5. The predicted molar refractivity (Wildman–Crippen MR) is 96.8 cm³/mol. The van der Waals surface area contributed by atoms with Gasteiger partial charge < -0.3 is 4.42 Å². The highest BCUT2D eigenvalue weighted by molar-refractivity contribution is 6.13. The van der Waals surface area contributed by atoms with E-state index in [1.54, 1.807) is 4.57 Å². The quantitative estimate of drug-likeness (QED) is 0.442. The molecule has 2 aromatic heterocycles. The first-order valence-electron chi connectivity index (χ1n) is 7.85. The lowest BCUT2D eigenvalue weighted by molar-refractivity contribution is 0.672. The minimum absolute atomic E-state index is 0.0557. The number of pyridine rings is 1. The van der Waals surface area contributed by atoms with Crippen molar-refractivity contribution in [2.24, 2.45) is 0 Å². The van der Waals surface area contributed by atoms with Crippen molar-refractivity contribution in [2.45, 2.75) is 0 Å². The number of benzene rings is 3. The first kappa shape index (κ1) is 13.1. The molecule has 0 amide bonds. The van der Waals surface area contributed by atoms with Gasteiger partial charge in [-0.15, -0.1) is 0 Å². The van der Waals surface area contributed by atoms with E-state index in [1.807, 2.05) is 78.9 Å².